The van der Waals surface area contributed by atoms with Crippen molar-refractivity contribution in [2.45, 2.75) is 38.6 Å². The van der Waals surface area contributed by atoms with Gasteiger partial charge in [0.15, 0.2) is 29.0 Å². The van der Waals surface area contributed by atoms with Crippen molar-refractivity contribution in [3.8, 4) is 0 Å². The molecule has 0 bridgehead atoms. The van der Waals surface area contributed by atoms with Gasteiger partial charge in [-0.2, -0.15) is 0 Å². The molecular weight excluding hydrogens is 524 g/mol. The summed E-state index contributed by atoms with van der Waals surface area (Å²) in [5, 5.41) is 12.7. The quantitative estimate of drug-likeness (QED) is 0.184. The number of hydrogen-bond acceptors (Lipinski definition) is 3. The SMILES string of the molecule is [2H]C1([2H])CN(c2ccc3c(c2)[Si](C)(C)C2=CC(=[N+]4CC([2H])([2H])C([2H])([2H])C4([2H])[2H])C=CC2=C3c2c(F)c(F)c(F)c(F)c2C(=O)[O-])C([2H])([2H])C1([2H])[2H]. The van der Waals surface area contributed by atoms with Crippen molar-refractivity contribution in [2.75, 3.05) is 31.0 Å². The van der Waals surface area contributed by atoms with Crippen LogP contribution in [0.5, 0.6) is 0 Å². The van der Waals surface area contributed by atoms with Gasteiger partial charge in [-0.25, -0.2) is 22.1 Å². The van der Waals surface area contributed by atoms with Gasteiger partial charge >= 0.3 is 0 Å². The summed E-state index contributed by atoms with van der Waals surface area (Å²) in [6.07, 6.45) is -7.59. The maximum Gasteiger partial charge on any atom is 0.199 e. The highest BCUT2D eigenvalue weighted by atomic mass is 28.3. The average molecular weight is 565 g/mol. The second kappa shape index (κ2) is 9.33. The lowest BCUT2D eigenvalue weighted by Gasteiger charge is -2.38. The van der Waals surface area contributed by atoms with Crippen LogP contribution in [0.1, 0.15) is 63.4 Å². The van der Waals surface area contributed by atoms with E-state index < -0.39 is 106 Å². The van der Waals surface area contributed by atoms with Gasteiger partial charge in [-0.15, -0.1) is 0 Å². The van der Waals surface area contributed by atoms with Crippen LogP contribution in [0.3, 0.4) is 0 Å². The number of carboxylic acid groups (broad SMARTS) is 1. The summed E-state index contributed by atoms with van der Waals surface area (Å²) in [7, 11) is -3.35. The predicted octanol–water partition coefficient (Wildman–Crippen LogP) is 4.22. The van der Waals surface area contributed by atoms with Gasteiger partial charge in [-0.1, -0.05) is 19.2 Å². The van der Waals surface area contributed by atoms with Crippen LogP contribution in [-0.2, 0) is 0 Å². The Kier molecular flexibility index (Phi) is 3.67. The van der Waals surface area contributed by atoms with E-state index in [9.17, 15) is 18.7 Å². The predicted molar refractivity (Wildman–Crippen MR) is 143 cm³/mol. The molecule has 0 N–H and O–H groups in total. The third-order valence-electron chi connectivity index (χ3n) is 7.27. The van der Waals surface area contributed by atoms with Gasteiger partial charge < -0.3 is 14.8 Å². The number of nitrogens with zero attached hydrogens (tertiary/aromatic N) is 2. The fourth-order valence-electron chi connectivity index (χ4n) is 5.33. The van der Waals surface area contributed by atoms with Crippen molar-refractivity contribution in [3.63, 3.8) is 0 Å². The summed E-state index contributed by atoms with van der Waals surface area (Å²) in [6.45, 7) is -3.91. The molecule has 3 aliphatic heterocycles. The first-order valence-corrected chi connectivity index (χ1v) is 14.9. The summed E-state index contributed by atoms with van der Waals surface area (Å²) >= 11 is 0. The molecule has 202 valence electrons. The fourth-order valence-corrected chi connectivity index (χ4v) is 8.40. The van der Waals surface area contributed by atoms with Crippen LogP contribution < -0.4 is 15.2 Å². The van der Waals surface area contributed by atoms with Gasteiger partial charge in [0, 0.05) is 68.5 Å². The maximum absolute atomic E-state index is 15.9. The molecule has 9 heteroatoms. The van der Waals surface area contributed by atoms with Crippen LogP contribution in [0.4, 0.5) is 23.2 Å². The minimum atomic E-state index is -3.35. The van der Waals surface area contributed by atoms with Crippen molar-refractivity contribution >= 4 is 36.2 Å². The zero-order valence-electron chi connectivity index (χ0n) is 32.6. The van der Waals surface area contributed by atoms with Gasteiger partial charge in [0.1, 0.15) is 23.9 Å². The first-order valence-electron chi connectivity index (χ1n) is 17.9. The number of anilines is 1. The zero-order chi connectivity index (χ0) is 38.4. The first-order chi connectivity index (χ1) is 23.1. The van der Waals surface area contributed by atoms with E-state index in [1.54, 1.807) is 13.1 Å². The molecule has 0 saturated carbocycles. The molecule has 4 aliphatic rings. The molecule has 2 aromatic carbocycles. The Morgan fingerprint density at radius 3 is 2.46 bits per heavy atom. The van der Waals surface area contributed by atoms with Crippen LogP contribution in [0, 0.1) is 23.3 Å². The molecule has 0 aromatic heterocycles. The van der Waals surface area contributed by atoms with Crippen LogP contribution in [0.15, 0.2) is 47.2 Å². The minimum absolute atomic E-state index is 0.0302. The number of fused-ring (bicyclic) bond motifs is 2. The second-order valence-corrected chi connectivity index (χ2v) is 14.1. The number of carbonyl (C=O) groups excluding carboxylic acids is 1. The normalized spacial score (nSPS) is 34.1. The van der Waals surface area contributed by atoms with Crippen LogP contribution in [0.25, 0.3) is 5.57 Å². The number of halogens is 4. The summed E-state index contributed by atoms with van der Waals surface area (Å²) in [5.74, 6) is -11.5. The topological polar surface area (TPSA) is 46.4 Å². The summed E-state index contributed by atoms with van der Waals surface area (Å²) in [5.41, 5.74) is -3.52. The monoisotopic (exact) mass is 564 g/mol. The molecule has 2 saturated heterocycles. The number of rotatable bonds is 3. The van der Waals surface area contributed by atoms with E-state index in [1.807, 2.05) is 0 Å². The number of allylic oxidation sites excluding steroid dienone is 5. The number of carbonyl (C=O) groups is 1. The largest absolute Gasteiger partial charge is 0.545 e. The molecule has 0 amide bonds. The lowest BCUT2D eigenvalue weighted by atomic mass is 9.86. The summed E-state index contributed by atoms with van der Waals surface area (Å²) in [4.78, 5) is 13.1. The van der Waals surface area contributed by atoms with Crippen molar-refractivity contribution in [1.82, 2.24) is 0 Å². The van der Waals surface area contributed by atoms with Crippen molar-refractivity contribution in [2.24, 2.45) is 0 Å². The van der Waals surface area contributed by atoms with E-state index in [2.05, 4.69) is 0 Å². The highest BCUT2D eigenvalue weighted by molar-refractivity contribution is 6.98. The third-order valence-corrected chi connectivity index (χ3v) is 10.8. The van der Waals surface area contributed by atoms with Gasteiger partial charge in [0.25, 0.3) is 0 Å². The molecule has 3 heterocycles. The lowest BCUT2D eigenvalue weighted by Crippen LogP contribution is -2.50. The molecule has 2 aromatic rings. The van der Waals surface area contributed by atoms with Crippen molar-refractivity contribution in [1.29, 1.82) is 0 Å². The third kappa shape index (κ3) is 3.92. The van der Waals surface area contributed by atoms with Gasteiger partial charge in [0.2, 0.25) is 0 Å². The van der Waals surface area contributed by atoms with Gasteiger partial charge in [-0.3, -0.25) is 0 Å². The molecule has 0 unspecified atom stereocenters. The Morgan fingerprint density at radius 1 is 1.03 bits per heavy atom. The molecule has 2 fully saturated rings. The summed E-state index contributed by atoms with van der Waals surface area (Å²) in [6, 6.07) is 3.80. The molecule has 1 aliphatic carbocycles. The zero-order valence-corrected chi connectivity index (χ0v) is 21.6. The Morgan fingerprint density at radius 2 is 1.79 bits per heavy atom. The summed E-state index contributed by atoms with van der Waals surface area (Å²) < 4.78 is 161. The first kappa shape index (κ1) is 15.4. The highest BCUT2D eigenvalue weighted by Crippen LogP contribution is 2.44. The molecule has 0 atom stereocenters. The Bertz CT molecular complexity index is 2100. The van der Waals surface area contributed by atoms with E-state index >= 15 is 8.78 Å². The number of hydrogen-bond donors (Lipinski definition) is 0. The van der Waals surface area contributed by atoms with Crippen molar-refractivity contribution < 1.29 is 48.5 Å². The number of aromatic carboxylic acids is 1. The Hall–Kier alpha value is -3.46. The minimum Gasteiger partial charge on any atom is -0.545 e. The van der Waals surface area contributed by atoms with E-state index in [4.69, 9.17) is 16.4 Å². The van der Waals surface area contributed by atoms with Crippen molar-refractivity contribution in [3.05, 3.63) is 87.2 Å². The highest BCUT2D eigenvalue weighted by Gasteiger charge is 2.43. The van der Waals surface area contributed by atoms with E-state index in [-0.39, 0.29) is 32.9 Å². The van der Waals surface area contributed by atoms with Gasteiger partial charge in [0.05, 0.1) is 5.97 Å². The van der Waals surface area contributed by atoms with E-state index in [0.29, 0.717) is 0 Å². The fraction of sp³-hybridized carbons (Fsp3) is 0.333. The van der Waals surface area contributed by atoms with E-state index in [1.165, 1.54) is 36.4 Å². The Balaban J connectivity index is 1.71. The maximum atomic E-state index is 15.9. The second-order valence-electron chi connectivity index (χ2n) is 9.75. The average Bonchev–Trinajstić information content (AvgIpc) is 3.24. The van der Waals surface area contributed by atoms with E-state index in [0.717, 1.165) is 9.48 Å². The Labute approximate surface area is 242 Å². The molecule has 6 rings (SSSR count). The molecular formula is C30H28F4N2O2Si. The molecule has 0 radical (unpaired) electrons. The smallest absolute Gasteiger partial charge is 0.199 e. The van der Waals surface area contributed by atoms with Crippen LogP contribution >= 0.6 is 0 Å². The lowest BCUT2D eigenvalue weighted by molar-refractivity contribution is -0.504. The number of benzene rings is 2. The van der Waals surface area contributed by atoms with Crippen LogP contribution in [0.2, 0.25) is 13.1 Å². The molecule has 4 nitrogen and oxygen atoms in total. The standard InChI is InChI=1S/C30H28F4N2O2Si/c1-39(2)21-15-17(35-11-3-4-12-35)7-9-19(21)23(20-10-8-18(16-22(20)39)36-13-5-6-14-36)24-25(30(37)38)27(32)29(34)28(33)26(24)31/h7-10,15-16H,3-6,11-14H2,1-2H3/i3D2,4D2,5D2,6D2,11D2,13D2. The van der Waals surface area contributed by atoms with Gasteiger partial charge in [-0.05, 0) is 58.0 Å². The molecule has 0 spiro atoms. The van der Waals surface area contributed by atoms with Crippen LogP contribution in [-0.4, -0.2) is 50.4 Å². The molecule has 39 heavy (non-hydrogen) atoms. The number of carboxylic acids is 1.